The molecular weight excluding hydrogens is 290 g/mol. The molecule has 0 amide bonds. The first-order valence-electron chi connectivity index (χ1n) is 7.08. The number of ether oxygens (including phenoxy) is 1. The van der Waals surface area contributed by atoms with E-state index in [-0.39, 0.29) is 10.9 Å². The number of hydrogen-bond donors (Lipinski definition) is 2. The Morgan fingerprint density at radius 2 is 1.90 bits per heavy atom. The third kappa shape index (κ3) is 6.13. The Bertz CT molecular complexity index is 507. The summed E-state index contributed by atoms with van der Waals surface area (Å²) in [6.07, 6.45) is 2.52. The van der Waals surface area contributed by atoms with Gasteiger partial charge in [0, 0.05) is 26.0 Å². The molecule has 0 saturated heterocycles. The Labute approximate surface area is 127 Å². The Kier molecular flexibility index (Phi) is 7.31. The number of aliphatic hydroxyl groups excluding tert-OH is 1. The lowest BCUT2D eigenvalue weighted by Gasteiger charge is -2.20. The second-order valence-electron chi connectivity index (χ2n) is 5.21. The lowest BCUT2D eigenvalue weighted by atomic mass is 10.1. The Hall–Kier alpha value is -0.950. The van der Waals surface area contributed by atoms with E-state index in [1.54, 1.807) is 19.2 Å². The molecule has 1 rings (SSSR count). The molecule has 1 aromatic carbocycles. The Morgan fingerprint density at radius 1 is 1.29 bits per heavy atom. The van der Waals surface area contributed by atoms with Crippen LogP contribution in [0.2, 0.25) is 0 Å². The molecule has 0 radical (unpaired) electrons. The number of aliphatic hydroxyl groups is 1. The number of hydrogen-bond acceptors (Lipinski definition) is 5. The normalized spacial score (nSPS) is 14.9. The fourth-order valence-corrected chi connectivity index (χ4v) is 2.76. The predicted molar refractivity (Wildman–Crippen MR) is 83.1 cm³/mol. The maximum absolute atomic E-state index is 11.4. The first-order valence-corrected chi connectivity index (χ1v) is 8.98. The van der Waals surface area contributed by atoms with Crippen LogP contribution in [0.3, 0.4) is 0 Å². The maximum atomic E-state index is 11.4. The molecule has 120 valence electrons. The van der Waals surface area contributed by atoms with Crippen molar-refractivity contribution in [3.8, 4) is 0 Å². The molecule has 2 unspecified atom stereocenters. The second-order valence-corrected chi connectivity index (χ2v) is 7.22. The molecule has 5 nitrogen and oxygen atoms in total. The van der Waals surface area contributed by atoms with E-state index in [1.807, 2.05) is 0 Å². The first kappa shape index (κ1) is 18.1. The van der Waals surface area contributed by atoms with Gasteiger partial charge in [-0.1, -0.05) is 25.5 Å². The van der Waals surface area contributed by atoms with Gasteiger partial charge >= 0.3 is 0 Å². The number of benzene rings is 1. The van der Waals surface area contributed by atoms with Gasteiger partial charge in [-0.05, 0) is 24.1 Å². The molecule has 0 aliphatic carbocycles. The molecule has 0 bridgehead atoms. The van der Waals surface area contributed by atoms with Gasteiger partial charge < -0.3 is 15.2 Å². The minimum atomic E-state index is -3.20. The molecule has 21 heavy (non-hydrogen) atoms. The summed E-state index contributed by atoms with van der Waals surface area (Å²) in [5, 5.41) is 13.4. The van der Waals surface area contributed by atoms with E-state index in [4.69, 9.17) is 4.74 Å². The largest absolute Gasteiger partial charge is 0.387 e. The van der Waals surface area contributed by atoms with Gasteiger partial charge in [0.25, 0.3) is 0 Å². The summed E-state index contributed by atoms with van der Waals surface area (Å²) >= 11 is 0. The minimum absolute atomic E-state index is 0.213. The maximum Gasteiger partial charge on any atom is 0.175 e. The molecule has 2 N–H and O–H groups in total. The molecule has 0 fully saturated rings. The van der Waals surface area contributed by atoms with Crippen molar-refractivity contribution in [3.63, 3.8) is 0 Å². The highest BCUT2D eigenvalue weighted by atomic mass is 32.2. The molecule has 6 heteroatoms. The van der Waals surface area contributed by atoms with E-state index in [0.29, 0.717) is 18.7 Å². The van der Waals surface area contributed by atoms with Gasteiger partial charge in [0.2, 0.25) is 0 Å². The van der Waals surface area contributed by atoms with Gasteiger partial charge in [-0.15, -0.1) is 0 Å². The number of methoxy groups -OCH3 is 1. The first-order chi connectivity index (χ1) is 9.88. The van der Waals surface area contributed by atoms with E-state index >= 15 is 0 Å². The van der Waals surface area contributed by atoms with Crippen LogP contribution in [0, 0.1) is 0 Å². The number of nitrogens with one attached hydrogen (secondary N) is 1. The van der Waals surface area contributed by atoms with Gasteiger partial charge in [0.05, 0.1) is 17.6 Å². The zero-order valence-corrected chi connectivity index (χ0v) is 13.7. The monoisotopic (exact) mass is 315 g/mol. The van der Waals surface area contributed by atoms with Crippen LogP contribution in [0.5, 0.6) is 0 Å². The quantitative estimate of drug-likeness (QED) is 0.723. The smallest absolute Gasteiger partial charge is 0.175 e. The SMILES string of the molecule is CCCC(COC)NCC(O)c1ccc(S(C)(=O)=O)cc1. The zero-order valence-electron chi connectivity index (χ0n) is 12.9. The highest BCUT2D eigenvalue weighted by Gasteiger charge is 2.13. The van der Waals surface area contributed by atoms with Crippen molar-refractivity contribution in [2.24, 2.45) is 0 Å². The third-order valence-electron chi connectivity index (χ3n) is 3.30. The lowest BCUT2D eigenvalue weighted by Crippen LogP contribution is -2.36. The summed E-state index contributed by atoms with van der Waals surface area (Å²) in [5.74, 6) is 0. The summed E-state index contributed by atoms with van der Waals surface area (Å²) < 4.78 is 27.9. The van der Waals surface area contributed by atoms with Gasteiger partial charge in [-0.2, -0.15) is 0 Å². The fourth-order valence-electron chi connectivity index (χ4n) is 2.13. The topological polar surface area (TPSA) is 75.6 Å². The van der Waals surface area contributed by atoms with Gasteiger partial charge in [0.15, 0.2) is 9.84 Å². The van der Waals surface area contributed by atoms with Crippen molar-refractivity contribution in [1.82, 2.24) is 5.32 Å². The van der Waals surface area contributed by atoms with E-state index < -0.39 is 15.9 Å². The molecule has 0 aliphatic rings. The predicted octanol–water partition coefficient (Wildman–Crippen LogP) is 1.53. The van der Waals surface area contributed by atoms with Crippen LogP contribution in [0.25, 0.3) is 0 Å². The van der Waals surface area contributed by atoms with E-state index in [2.05, 4.69) is 12.2 Å². The summed E-state index contributed by atoms with van der Waals surface area (Å²) in [6, 6.07) is 6.55. The van der Waals surface area contributed by atoms with Crippen LogP contribution < -0.4 is 5.32 Å². The summed E-state index contributed by atoms with van der Waals surface area (Å²) in [6.45, 7) is 3.12. The van der Waals surface area contributed by atoms with Crippen LogP contribution in [0.1, 0.15) is 31.4 Å². The zero-order chi connectivity index (χ0) is 15.9. The summed E-state index contributed by atoms with van der Waals surface area (Å²) in [5.41, 5.74) is 0.697. The van der Waals surface area contributed by atoms with Crippen molar-refractivity contribution >= 4 is 9.84 Å². The van der Waals surface area contributed by atoms with Gasteiger partial charge in [0.1, 0.15) is 0 Å². The lowest BCUT2D eigenvalue weighted by molar-refractivity contribution is 0.135. The second kappa shape index (κ2) is 8.48. The van der Waals surface area contributed by atoms with E-state index in [9.17, 15) is 13.5 Å². The highest BCUT2D eigenvalue weighted by Crippen LogP contribution is 2.16. The Balaban J connectivity index is 2.60. The fraction of sp³-hybridized carbons (Fsp3) is 0.600. The van der Waals surface area contributed by atoms with Crippen LogP contribution in [-0.2, 0) is 14.6 Å². The van der Waals surface area contributed by atoms with Crippen molar-refractivity contribution in [1.29, 1.82) is 0 Å². The van der Waals surface area contributed by atoms with Crippen molar-refractivity contribution in [2.45, 2.75) is 36.8 Å². The molecule has 0 aromatic heterocycles. The minimum Gasteiger partial charge on any atom is -0.387 e. The highest BCUT2D eigenvalue weighted by molar-refractivity contribution is 7.90. The van der Waals surface area contributed by atoms with E-state index in [1.165, 1.54) is 18.4 Å². The van der Waals surface area contributed by atoms with Crippen molar-refractivity contribution in [3.05, 3.63) is 29.8 Å². The van der Waals surface area contributed by atoms with Gasteiger partial charge in [-0.25, -0.2) is 8.42 Å². The van der Waals surface area contributed by atoms with Crippen molar-refractivity contribution < 1.29 is 18.3 Å². The molecular formula is C15H25NO4S. The third-order valence-corrected chi connectivity index (χ3v) is 4.43. The molecule has 1 aromatic rings. The average Bonchev–Trinajstić information content (AvgIpc) is 2.44. The van der Waals surface area contributed by atoms with Crippen LogP contribution in [0.15, 0.2) is 29.2 Å². The Morgan fingerprint density at radius 3 is 2.38 bits per heavy atom. The van der Waals surface area contributed by atoms with E-state index in [0.717, 1.165) is 12.8 Å². The average molecular weight is 315 g/mol. The van der Waals surface area contributed by atoms with Crippen LogP contribution in [0.4, 0.5) is 0 Å². The summed E-state index contributed by atoms with van der Waals surface area (Å²) in [4.78, 5) is 0.259. The van der Waals surface area contributed by atoms with Crippen LogP contribution in [-0.4, -0.2) is 46.1 Å². The molecule has 0 heterocycles. The van der Waals surface area contributed by atoms with Crippen molar-refractivity contribution in [2.75, 3.05) is 26.5 Å². The van der Waals surface area contributed by atoms with Crippen LogP contribution >= 0.6 is 0 Å². The van der Waals surface area contributed by atoms with Gasteiger partial charge in [-0.3, -0.25) is 0 Å². The molecule has 0 saturated carbocycles. The molecule has 2 atom stereocenters. The standard InChI is InChI=1S/C15H25NO4S/c1-4-5-13(11-20-2)16-10-15(17)12-6-8-14(9-7-12)21(3,18)19/h6-9,13,15-17H,4-5,10-11H2,1-3H3. The summed E-state index contributed by atoms with van der Waals surface area (Å²) in [7, 11) is -1.54. The number of rotatable bonds is 9. The molecule has 0 spiro atoms. The number of sulfone groups is 1. The molecule has 0 aliphatic heterocycles.